The van der Waals surface area contributed by atoms with Crippen molar-refractivity contribution in [1.29, 1.82) is 0 Å². The molecule has 0 amide bonds. The third-order valence-electron chi connectivity index (χ3n) is 3.43. The lowest BCUT2D eigenvalue weighted by atomic mass is 10.2. The van der Waals surface area contributed by atoms with Gasteiger partial charge in [-0.25, -0.2) is 0 Å². The third kappa shape index (κ3) is 3.16. The predicted molar refractivity (Wildman–Crippen MR) is 70.9 cm³/mol. The number of nitrogens with zero attached hydrogens (tertiary/aromatic N) is 1. The van der Waals surface area contributed by atoms with Gasteiger partial charge in [-0.15, -0.1) is 0 Å². The minimum Gasteiger partial charge on any atom is -0.410 e. The van der Waals surface area contributed by atoms with E-state index in [1.54, 1.807) is 6.20 Å². The summed E-state index contributed by atoms with van der Waals surface area (Å²) >= 11 is 0. The second-order valence-electron chi connectivity index (χ2n) is 5.81. The maximum Gasteiger partial charge on any atom is 0.192 e. The molecule has 0 spiro atoms. The molecule has 0 N–H and O–H groups in total. The van der Waals surface area contributed by atoms with E-state index in [-0.39, 0.29) is 11.1 Å². The molecule has 0 radical (unpaired) electrons. The van der Waals surface area contributed by atoms with Crippen LogP contribution in [0.15, 0.2) is 24.5 Å². The fourth-order valence-corrected chi connectivity index (χ4v) is 2.68. The van der Waals surface area contributed by atoms with Crippen molar-refractivity contribution in [3.63, 3.8) is 0 Å². The van der Waals surface area contributed by atoms with Crippen molar-refractivity contribution in [2.75, 3.05) is 0 Å². The van der Waals surface area contributed by atoms with Gasteiger partial charge in [-0.05, 0) is 36.7 Å². The highest BCUT2D eigenvalue weighted by molar-refractivity contribution is 6.74. The first-order valence-corrected chi connectivity index (χ1v) is 8.72. The highest BCUT2D eigenvalue weighted by atomic mass is 28.4. The lowest BCUT2D eigenvalue weighted by Gasteiger charge is -2.38. The Kier molecular flexibility index (Phi) is 3.91. The van der Waals surface area contributed by atoms with Crippen LogP contribution < -0.4 is 0 Å². The van der Waals surface area contributed by atoms with E-state index in [0.29, 0.717) is 0 Å². The molecule has 1 aromatic rings. The van der Waals surface area contributed by atoms with E-state index >= 15 is 0 Å². The van der Waals surface area contributed by atoms with E-state index in [4.69, 9.17) is 4.43 Å². The normalized spacial score (nSPS) is 14.9. The summed E-state index contributed by atoms with van der Waals surface area (Å²) in [6.45, 7) is 13.4. The molecule has 0 unspecified atom stereocenters. The Morgan fingerprint density at radius 3 is 2.38 bits per heavy atom. The lowest BCUT2D eigenvalue weighted by Crippen LogP contribution is -2.41. The Hall–Kier alpha value is -0.673. The highest BCUT2D eigenvalue weighted by Gasteiger charge is 2.38. The van der Waals surface area contributed by atoms with E-state index in [9.17, 15) is 0 Å². The summed E-state index contributed by atoms with van der Waals surface area (Å²) in [7, 11) is -1.68. The van der Waals surface area contributed by atoms with Crippen LogP contribution in [0.3, 0.4) is 0 Å². The number of aromatic nitrogens is 1. The van der Waals surface area contributed by atoms with Crippen molar-refractivity contribution in [3.8, 4) is 0 Å². The van der Waals surface area contributed by atoms with Crippen molar-refractivity contribution in [2.24, 2.45) is 0 Å². The van der Waals surface area contributed by atoms with Gasteiger partial charge >= 0.3 is 0 Å². The van der Waals surface area contributed by atoms with Gasteiger partial charge < -0.3 is 4.43 Å². The zero-order chi connectivity index (χ0) is 12.4. The molecule has 1 aromatic heterocycles. The van der Waals surface area contributed by atoms with Gasteiger partial charge in [0.05, 0.1) is 6.10 Å². The fraction of sp³-hybridized carbons (Fsp3) is 0.615. The Balaban J connectivity index is 2.76. The standard InChI is InChI=1S/C13H23NOSi/c1-11(12-8-7-9-14-10-12)15-16(5,6)13(2,3)4/h7-11H,1-6H3/t11-/m1/s1. The van der Waals surface area contributed by atoms with Crippen LogP contribution in [0.5, 0.6) is 0 Å². The number of pyridine rings is 1. The van der Waals surface area contributed by atoms with Gasteiger partial charge in [-0.3, -0.25) is 4.98 Å². The summed E-state index contributed by atoms with van der Waals surface area (Å²) < 4.78 is 6.29. The maximum atomic E-state index is 6.29. The van der Waals surface area contributed by atoms with E-state index < -0.39 is 8.32 Å². The van der Waals surface area contributed by atoms with E-state index in [0.717, 1.165) is 5.56 Å². The Bertz CT molecular complexity index is 330. The van der Waals surface area contributed by atoms with Crippen molar-refractivity contribution < 1.29 is 4.43 Å². The first kappa shape index (κ1) is 13.4. The molecule has 0 aliphatic rings. The van der Waals surface area contributed by atoms with Gasteiger partial charge in [0.2, 0.25) is 0 Å². The first-order valence-electron chi connectivity index (χ1n) is 5.82. The van der Waals surface area contributed by atoms with Crippen LogP contribution in [-0.4, -0.2) is 13.3 Å². The van der Waals surface area contributed by atoms with Crippen LogP contribution in [0, 0.1) is 0 Å². The predicted octanol–water partition coefficient (Wildman–Crippen LogP) is 4.16. The van der Waals surface area contributed by atoms with Crippen LogP contribution in [0.4, 0.5) is 0 Å². The van der Waals surface area contributed by atoms with Gasteiger partial charge in [0, 0.05) is 12.4 Å². The SMILES string of the molecule is C[C@@H](O[Si](C)(C)C(C)(C)C)c1cccnc1. The molecular weight excluding hydrogens is 214 g/mol. The third-order valence-corrected chi connectivity index (χ3v) is 7.99. The summed E-state index contributed by atoms with van der Waals surface area (Å²) in [6.07, 6.45) is 3.81. The molecule has 1 heterocycles. The molecule has 16 heavy (non-hydrogen) atoms. The van der Waals surface area contributed by atoms with Gasteiger partial charge in [-0.1, -0.05) is 26.8 Å². The first-order chi connectivity index (χ1) is 7.24. The summed E-state index contributed by atoms with van der Waals surface area (Å²) in [5, 5.41) is 0.253. The van der Waals surface area contributed by atoms with Crippen molar-refractivity contribution >= 4 is 8.32 Å². The van der Waals surface area contributed by atoms with E-state index in [1.807, 2.05) is 12.3 Å². The minimum atomic E-state index is -1.68. The quantitative estimate of drug-likeness (QED) is 0.736. The molecule has 0 saturated heterocycles. The second-order valence-corrected chi connectivity index (χ2v) is 10.6. The molecular formula is C13H23NOSi. The van der Waals surface area contributed by atoms with Gasteiger partial charge in [-0.2, -0.15) is 0 Å². The molecule has 0 aliphatic carbocycles. The largest absolute Gasteiger partial charge is 0.410 e. The molecule has 0 bridgehead atoms. The van der Waals surface area contributed by atoms with E-state index in [1.165, 1.54) is 0 Å². The molecule has 0 fully saturated rings. The summed E-state index contributed by atoms with van der Waals surface area (Å²) in [5.74, 6) is 0. The lowest BCUT2D eigenvalue weighted by molar-refractivity contribution is 0.202. The Morgan fingerprint density at radius 2 is 1.94 bits per heavy atom. The summed E-state index contributed by atoms with van der Waals surface area (Å²) in [4.78, 5) is 4.13. The average molecular weight is 237 g/mol. The summed E-state index contributed by atoms with van der Waals surface area (Å²) in [5.41, 5.74) is 1.16. The van der Waals surface area contributed by atoms with E-state index in [2.05, 4.69) is 51.8 Å². The Labute approximate surface area is 100 Å². The minimum absolute atomic E-state index is 0.134. The van der Waals surface area contributed by atoms with Gasteiger partial charge in [0.25, 0.3) is 0 Å². The maximum absolute atomic E-state index is 6.29. The average Bonchev–Trinajstić information content (AvgIpc) is 2.16. The fourth-order valence-electron chi connectivity index (χ4n) is 1.30. The van der Waals surface area contributed by atoms with Crippen LogP contribution in [-0.2, 0) is 4.43 Å². The van der Waals surface area contributed by atoms with Crippen molar-refractivity contribution in [2.45, 2.75) is 51.9 Å². The molecule has 90 valence electrons. The summed E-state index contributed by atoms with van der Waals surface area (Å²) in [6, 6.07) is 4.03. The van der Waals surface area contributed by atoms with Crippen LogP contribution in [0.1, 0.15) is 39.4 Å². The topological polar surface area (TPSA) is 22.1 Å². The molecule has 0 aliphatic heterocycles. The molecule has 2 nitrogen and oxygen atoms in total. The van der Waals surface area contributed by atoms with Crippen LogP contribution >= 0.6 is 0 Å². The van der Waals surface area contributed by atoms with Crippen molar-refractivity contribution in [1.82, 2.24) is 4.98 Å². The second kappa shape index (κ2) is 4.68. The number of hydrogen-bond acceptors (Lipinski definition) is 2. The molecule has 0 saturated carbocycles. The van der Waals surface area contributed by atoms with Crippen LogP contribution in [0.25, 0.3) is 0 Å². The van der Waals surface area contributed by atoms with Crippen LogP contribution in [0.2, 0.25) is 18.1 Å². The number of hydrogen-bond donors (Lipinski definition) is 0. The van der Waals surface area contributed by atoms with Crippen molar-refractivity contribution in [3.05, 3.63) is 30.1 Å². The molecule has 3 heteroatoms. The molecule has 1 rings (SSSR count). The Morgan fingerprint density at radius 1 is 1.31 bits per heavy atom. The molecule has 0 aromatic carbocycles. The highest BCUT2D eigenvalue weighted by Crippen LogP contribution is 2.39. The molecule has 1 atom stereocenters. The zero-order valence-electron chi connectivity index (χ0n) is 11.2. The van der Waals surface area contributed by atoms with Gasteiger partial charge in [0.1, 0.15) is 0 Å². The zero-order valence-corrected chi connectivity index (χ0v) is 12.2. The monoisotopic (exact) mass is 237 g/mol. The smallest absolute Gasteiger partial charge is 0.192 e. The van der Waals surface area contributed by atoms with Gasteiger partial charge in [0.15, 0.2) is 8.32 Å². The number of rotatable bonds is 3.